The van der Waals surface area contributed by atoms with Gasteiger partial charge >= 0.3 is 6.18 Å². The average Bonchev–Trinajstić information content (AvgIpc) is 2.93. The minimum atomic E-state index is -4.54. The summed E-state index contributed by atoms with van der Waals surface area (Å²) in [5, 5.41) is 3.38. The van der Waals surface area contributed by atoms with Crippen LogP contribution in [0.4, 0.5) is 13.2 Å². The van der Waals surface area contributed by atoms with Crippen LogP contribution in [-0.4, -0.2) is 34.9 Å². The molecule has 0 bridgehead atoms. The summed E-state index contributed by atoms with van der Waals surface area (Å²) < 4.78 is 42.6. The molecule has 9 heteroatoms. The van der Waals surface area contributed by atoms with Crippen molar-refractivity contribution in [3.05, 3.63) is 47.0 Å². The summed E-state index contributed by atoms with van der Waals surface area (Å²) in [7, 11) is 3.48. The number of carbonyl (C=O) groups excluding carboxylic acids is 1. The highest BCUT2D eigenvalue weighted by Gasteiger charge is 2.32. The van der Waals surface area contributed by atoms with E-state index in [0.717, 1.165) is 6.07 Å². The molecular weight excluding hydrogens is 335 g/mol. The Morgan fingerprint density at radius 3 is 2.61 bits per heavy atom. The molecule has 0 aliphatic rings. The van der Waals surface area contributed by atoms with Crippen LogP contribution in [-0.2, 0) is 6.18 Å². The Kier molecular flexibility index (Phi) is 4.74. The molecule has 0 aliphatic carbocycles. The van der Waals surface area contributed by atoms with Crippen molar-refractivity contribution < 1.29 is 22.5 Å². The second-order valence-corrected chi connectivity index (χ2v) is 5.18. The Labute approximate surface area is 134 Å². The van der Waals surface area contributed by atoms with E-state index in [4.69, 9.17) is 16.1 Å². The topological polar surface area (TPSA) is 59.2 Å². The minimum absolute atomic E-state index is 0.000874. The summed E-state index contributed by atoms with van der Waals surface area (Å²) in [5.41, 5.74) is -0.899. The predicted octanol–water partition coefficient (Wildman–Crippen LogP) is 3.67. The quantitative estimate of drug-likeness (QED) is 0.625. The van der Waals surface area contributed by atoms with E-state index in [2.05, 4.69) is 10.1 Å². The Balaban J connectivity index is 2.29. The first-order valence-corrected chi connectivity index (χ1v) is 6.65. The molecule has 23 heavy (non-hydrogen) atoms. The standard InChI is InChI=1S/C14H11ClF3N3O2/c1-21(2)4-3-11(22)12-6-10(20-23-12)13-9(15)5-8(7-19-13)14(16,17)18/h3-7H,1-2H3/b4-3+. The van der Waals surface area contributed by atoms with Crippen molar-refractivity contribution in [3.63, 3.8) is 0 Å². The number of pyridine rings is 1. The first-order chi connectivity index (χ1) is 10.7. The molecule has 0 N–H and O–H groups in total. The van der Waals surface area contributed by atoms with Gasteiger partial charge in [-0.1, -0.05) is 16.8 Å². The largest absolute Gasteiger partial charge is 0.417 e. The average molecular weight is 346 g/mol. The molecule has 0 saturated carbocycles. The fraction of sp³-hybridized carbons (Fsp3) is 0.214. The van der Waals surface area contributed by atoms with E-state index in [1.165, 1.54) is 18.3 Å². The highest BCUT2D eigenvalue weighted by Crippen LogP contribution is 2.33. The molecule has 0 spiro atoms. The molecule has 0 aliphatic heterocycles. The highest BCUT2D eigenvalue weighted by atomic mass is 35.5. The first kappa shape index (κ1) is 17.0. The number of alkyl halides is 3. The van der Waals surface area contributed by atoms with Gasteiger partial charge in [0.2, 0.25) is 11.5 Å². The minimum Gasteiger partial charge on any atom is -0.383 e. The van der Waals surface area contributed by atoms with Crippen LogP contribution in [0.2, 0.25) is 5.02 Å². The number of aromatic nitrogens is 2. The second kappa shape index (κ2) is 6.41. The predicted molar refractivity (Wildman–Crippen MR) is 76.9 cm³/mol. The van der Waals surface area contributed by atoms with Gasteiger partial charge in [0, 0.05) is 38.6 Å². The molecule has 2 rings (SSSR count). The normalized spacial score (nSPS) is 11.9. The van der Waals surface area contributed by atoms with Gasteiger partial charge < -0.3 is 9.42 Å². The van der Waals surface area contributed by atoms with Crippen LogP contribution in [0.1, 0.15) is 16.1 Å². The maximum atomic E-state index is 12.6. The lowest BCUT2D eigenvalue weighted by Gasteiger charge is -2.07. The van der Waals surface area contributed by atoms with Crippen LogP contribution in [0, 0.1) is 0 Å². The van der Waals surface area contributed by atoms with Crippen LogP contribution in [0.5, 0.6) is 0 Å². The smallest absolute Gasteiger partial charge is 0.383 e. The fourth-order valence-electron chi connectivity index (χ4n) is 1.58. The molecule has 0 saturated heterocycles. The van der Waals surface area contributed by atoms with Gasteiger partial charge in [0.15, 0.2) is 0 Å². The summed E-state index contributed by atoms with van der Waals surface area (Å²) in [5.74, 6) is -0.517. The van der Waals surface area contributed by atoms with Gasteiger partial charge in [0.25, 0.3) is 0 Å². The molecule has 0 amide bonds. The number of hydrogen-bond donors (Lipinski definition) is 0. The summed E-state index contributed by atoms with van der Waals surface area (Å²) in [4.78, 5) is 17.1. The van der Waals surface area contributed by atoms with E-state index in [9.17, 15) is 18.0 Å². The number of halogens is 4. The Bertz CT molecular complexity index is 754. The number of ketones is 1. The van der Waals surface area contributed by atoms with Gasteiger partial charge in [-0.05, 0) is 6.07 Å². The van der Waals surface area contributed by atoms with Crippen molar-refractivity contribution in [1.82, 2.24) is 15.0 Å². The molecule has 2 heterocycles. The number of allylic oxidation sites excluding steroid dienone is 1. The van der Waals surface area contributed by atoms with E-state index in [1.54, 1.807) is 19.0 Å². The van der Waals surface area contributed by atoms with Crippen LogP contribution in [0.3, 0.4) is 0 Å². The SMILES string of the molecule is CN(C)/C=C/C(=O)c1cc(-c2ncc(C(F)(F)F)cc2Cl)no1. The summed E-state index contributed by atoms with van der Waals surface area (Å²) >= 11 is 5.81. The van der Waals surface area contributed by atoms with Crippen LogP contribution < -0.4 is 0 Å². The molecule has 0 atom stereocenters. The third kappa shape index (κ3) is 4.10. The lowest BCUT2D eigenvalue weighted by Crippen LogP contribution is -2.05. The maximum absolute atomic E-state index is 12.6. The van der Waals surface area contributed by atoms with Gasteiger partial charge in [-0.3, -0.25) is 9.78 Å². The Hall–Kier alpha value is -2.35. The molecule has 2 aromatic rings. The monoisotopic (exact) mass is 345 g/mol. The van der Waals surface area contributed by atoms with Crippen molar-refractivity contribution >= 4 is 17.4 Å². The maximum Gasteiger partial charge on any atom is 0.417 e. The molecule has 0 unspecified atom stereocenters. The lowest BCUT2D eigenvalue weighted by molar-refractivity contribution is -0.137. The van der Waals surface area contributed by atoms with E-state index in [1.807, 2.05) is 0 Å². The van der Waals surface area contributed by atoms with Crippen LogP contribution in [0.25, 0.3) is 11.4 Å². The van der Waals surface area contributed by atoms with Crippen molar-refractivity contribution in [1.29, 1.82) is 0 Å². The molecule has 5 nitrogen and oxygen atoms in total. The van der Waals surface area contributed by atoms with E-state index in [-0.39, 0.29) is 22.2 Å². The van der Waals surface area contributed by atoms with E-state index in [0.29, 0.717) is 6.20 Å². The molecule has 0 fully saturated rings. The van der Waals surface area contributed by atoms with Gasteiger partial charge in [0.05, 0.1) is 10.6 Å². The first-order valence-electron chi connectivity index (χ1n) is 6.27. The van der Waals surface area contributed by atoms with E-state index >= 15 is 0 Å². The summed E-state index contributed by atoms with van der Waals surface area (Å²) in [6.45, 7) is 0. The lowest BCUT2D eigenvalue weighted by atomic mass is 10.2. The zero-order valence-corrected chi connectivity index (χ0v) is 12.8. The number of hydrogen-bond acceptors (Lipinski definition) is 5. The van der Waals surface area contributed by atoms with E-state index < -0.39 is 17.5 Å². The Morgan fingerprint density at radius 1 is 1.35 bits per heavy atom. The molecule has 122 valence electrons. The summed E-state index contributed by atoms with van der Waals surface area (Å²) in [6, 6.07) is 2.01. The molecule has 2 aromatic heterocycles. The number of rotatable bonds is 4. The zero-order chi connectivity index (χ0) is 17.2. The van der Waals surface area contributed by atoms with Gasteiger partial charge in [0.1, 0.15) is 11.4 Å². The third-order valence-electron chi connectivity index (χ3n) is 2.69. The number of carbonyl (C=O) groups is 1. The highest BCUT2D eigenvalue weighted by molar-refractivity contribution is 6.33. The van der Waals surface area contributed by atoms with Crippen molar-refractivity contribution in [2.24, 2.45) is 0 Å². The van der Waals surface area contributed by atoms with Crippen LogP contribution >= 0.6 is 11.6 Å². The zero-order valence-electron chi connectivity index (χ0n) is 12.1. The van der Waals surface area contributed by atoms with Crippen molar-refractivity contribution in [3.8, 4) is 11.4 Å². The van der Waals surface area contributed by atoms with Crippen molar-refractivity contribution in [2.75, 3.05) is 14.1 Å². The molecule has 0 radical (unpaired) electrons. The third-order valence-corrected chi connectivity index (χ3v) is 2.98. The van der Waals surface area contributed by atoms with Crippen molar-refractivity contribution in [2.45, 2.75) is 6.18 Å². The van der Waals surface area contributed by atoms with Crippen LogP contribution in [0.15, 0.2) is 35.1 Å². The molecule has 0 aromatic carbocycles. The Morgan fingerprint density at radius 2 is 2.04 bits per heavy atom. The fourth-order valence-corrected chi connectivity index (χ4v) is 1.85. The number of nitrogens with zero attached hydrogens (tertiary/aromatic N) is 3. The van der Waals surface area contributed by atoms with Gasteiger partial charge in [-0.25, -0.2) is 0 Å². The van der Waals surface area contributed by atoms with Gasteiger partial charge in [-0.2, -0.15) is 13.2 Å². The van der Waals surface area contributed by atoms with Gasteiger partial charge in [-0.15, -0.1) is 0 Å². The summed E-state index contributed by atoms with van der Waals surface area (Å²) in [6.07, 6.45) is -1.11. The molecular formula is C14H11ClF3N3O2. The second-order valence-electron chi connectivity index (χ2n) is 4.77.